The SMILES string of the molecule is CCn1c2ccccc2c2cc(CCC(O)c3ccccc3)ccc21. The first-order chi connectivity index (χ1) is 12.3. The number of para-hydroxylation sites is 1. The van der Waals surface area contributed by atoms with E-state index in [9.17, 15) is 5.11 Å². The Bertz CT molecular complexity index is 1000. The molecule has 1 unspecified atom stereocenters. The first-order valence-corrected chi connectivity index (χ1v) is 9.01. The maximum atomic E-state index is 10.4. The molecule has 0 aliphatic carbocycles. The van der Waals surface area contributed by atoms with E-state index in [1.165, 1.54) is 27.4 Å². The third kappa shape index (κ3) is 2.94. The lowest BCUT2D eigenvalue weighted by Crippen LogP contribution is -1.99. The fourth-order valence-corrected chi connectivity index (χ4v) is 3.74. The smallest absolute Gasteiger partial charge is 0.0793 e. The number of benzene rings is 3. The van der Waals surface area contributed by atoms with Gasteiger partial charge in [-0.25, -0.2) is 0 Å². The monoisotopic (exact) mass is 329 g/mol. The van der Waals surface area contributed by atoms with Gasteiger partial charge in [0.05, 0.1) is 6.10 Å². The Labute approximate surface area is 148 Å². The molecule has 2 nitrogen and oxygen atoms in total. The highest BCUT2D eigenvalue weighted by Crippen LogP contribution is 2.30. The van der Waals surface area contributed by atoms with Crippen LogP contribution in [-0.4, -0.2) is 9.67 Å². The molecule has 0 fully saturated rings. The molecule has 1 atom stereocenters. The van der Waals surface area contributed by atoms with E-state index in [-0.39, 0.29) is 0 Å². The molecule has 25 heavy (non-hydrogen) atoms. The summed E-state index contributed by atoms with van der Waals surface area (Å²) >= 11 is 0. The molecule has 2 heteroatoms. The van der Waals surface area contributed by atoms with E-state index in [1.807, 2.05) is 30.3 Å². The molecule has 1 aromatic heterocycles. The molecule has 0 spiro atoms. The zero-order chi connectivity index (χ0) is 17.2. The highest BCUT2D eigenvalue weighted by molar-refractivity contribution is 6.08. The number of rotatable bonds is 5. The Kier molecular flexibility index (Phi) is 4.29. The first-order valence-electron chi connectivity index (χ1n) is 9.01. The van der Waals surface area contributed by atoms with Gasteiger partial charge < -0.3 is 9.67 Å². The van der Waals surface area contributed by atoms with Crippen molar-refractivity contribution in [1.29, 1.82) is 0 Å². The van der Waals surface area contributed by atoms with Gasteiger partial charge in [-0.3, -0.25) is 0 Å². The molecule has 4 rings (SSSR count). The average molecular weight is 329 g/mol. The fraction of sp³-hybridized carbons (Fsp3) is 0.217. The number of nitrogens with zero attached hydrogens (tertiary/aromatic N) is 1. The van der Waals surface area contributed by atoms with E-state index < -0.39 is 6.10 Å². The minimum atomic E-state index is -0.408. The summed E-state index contributed by atoms with van der Waals surface area (Å²) in [6, 6.07) is 25.2. The highest BCUT2D eigenvalue weighted by atomic mass is 16.3. The standard InChI is InChI=1S/C23H23NO/c1-2-24-21-11-7-6-10-19(21)20-16-17(12-14-22(20)24)13-15-23(25)18-8-4-3-5-9-18/h3-12,14,16,23,25H,2,13,15H2,1H3. The van der Waals surface area contributed by atoms with Crippen LogP contribution in [0.5, 0.6) is 0 Å². The van der Waals surface area contributed by atoms with Crippen molar-refractivity contribution in [3.63, 3.8) is 0 Å². The van der Waals surface area contributed by atoms with Gasteiger partial charge in [0.15, 0.2) is 0 Å². The van der Waals surface area contributed by atoms with E-state index in [0.717, 1.165) is 24.9 Å². The molecule has 1 N–H and O–H groups in total. The normalized spacial score (nSPS) is 12.7. The van der Waals surface area contributed by atoms with Crippen LogP contribution in [0.2, 0.25) is 0 Å². The number of fused-ring (bicyclic) bond motifs is 3. The van der Waals surface area contributed by atoms with Gasteiger partial charge in [-0.1, -0.05) is 54.6 Å². The Morgan fingerprint density at radius 2 is 1.56 bits per heavy atom. The van der Waals surface area contributed by atoms with E-state index in [0.29, 0.717) is 0 Å². The molecule has 126 valence electrons. The molecule has 0 aliphatic heterocycles. The van der Waals surface area contributed by atoms with Crippen LogP contribution < -0.4 is 0 Å². The van der Waals surface area contributed by atoms with Gasteiger partial charge in [0.1, 0.15) is 0 Å². The largest absolute Gasteiger partial charge is 0.388 e. The predicted molar refractivity (Wildman–Crippen MR) is 105 cm³/mol. The number of hydrogen-bond donors (Lipinski definition) is 1. The lowest BCUT2D eigenvalue weighted by atomic mass is 10.00. The molecule has 0 amide bonds. The van der Waals surface area contributed by atoms with Crippen LogP contribution in [-0.2, 0) is 13.0 Å². The van der Waals surface area contributed by atoms with Crippen molar-refractivity contribution in [1.82, 2.24) is 4.57 Å². The summed E-state index contributed by atoms with van der Waals surface area (Å²) in [6.07, 6.45) is 1.20. The summed E-state index contributed by atoms with van der Waals surface area (Å²) in [5, 5.41) is 13.0. The van der Waals surface area contributed by atoms with E-state index >= 15 is 0 Å². The molecule has 0 saturated carbocycles. The van der Waals surface area contributed by atoms with Crippen molar-refractivity contribution >= 4 is 21.8 Å². The summed E-state index contributed by atoms with van der Waals surface area (Å²) in [7, 11) is 0. The number of aliphatic hydroxyl groups is 1. The van der Waals surface area contributed by atoms with Gasteiger partial charge in [-0.15, -0.1) is 0 Å². The molecule has 4 aromatic rings. The van der Waals surface area contributed by atoms with Crippen molar-refractivity contribution in [3.05, 3.63) is 83.9 Å². The predicted octanol–water partition coefficient (Wildman–Crippen LogP) is 5.48. The molecule has 3 aromatic carbocycles. The summed E-state index contributed by atoms with van der Waals surface area (Å²) < 4.78 is 2.37. The Morgan fingerprint density at radius 1 is 0.840 bits per heavy atom. The van der Waals surface area contributed by atoms with Gasteiger partial charge in [0, 0.05) is 28.4 Å². The molecule has 0 aliphatic rings. The molecule has 0 radical (unpaired) electrons. The first kappa shape index (κ1) is 15.9. The van der Waals surface area contributed by atoms with Gasteiger partial charge >= 0.3 is 0 Å². The van der Waals surface area contributed by atoms with Crippen LogP contribution in [0.4, 0.5) is 0 Å². The lowest BCUT2D eigenvalue weighted by molar-refractivity contribution is 0.168. The van der Waals surface area contributed by atoms with Crippen molar-refractivity contribution < 1.29 is 5.11 Å². The fourth-order valence-electron chi connectivity index (χ4n) is 3.74. The number of hydrogen-bond acceptors (Lipinski definition) is 1. The Balaban J connectivity index is 1.64. The number of aliphatic hydroxyl groups excluding tert-OH is 1. The van der Waals surface area contributed by atoms with Crippen molar-refractivity contribution in [2.24, 2.45) is 0 Å². The number of aryl methyl sites for hydroxylation is 2. The van der Waals surface area contributed by atoms with E-state index in [1.54, 1.807) is 0 Å². The van der Waals surface area contributed by atoms with Crippen LogP contribution in [0.15, 0.2) is 72.8 Å². The van der Waals surface area contributed by atoms with Crippen LogP contribution in [0, 0.1) is 0 Å². The zero-order valence-corrected chi connectivity index (χ0v) is 14.5. The van der Waals surface area contributed by atoms with Crippen LogP contribution in [0.25, 0.3) is 21.8 Å². The van der Waals surface area contributed by atoms with Gasteiger partial charge in [0.25, 0.3) is 0 Å². The van der Waals surface area contributed by atoms with Gasteiger partial charge in [-0.2, -0.15) is 0 Å². The highest BCUT2D eigenvalue weighted by Gasteiger charge is 2.11. The topological polar surface area (TPSA) is 25.2 Å². The minimum absolute atomic E-state index is 0.408. The maximum absolute atomic E-state index is 10.4. The molecular weight excluding hydrogens is 306 g/mol. The second kappa shape index (κ2) is 6.73. The van der Waals surface area contributed by atoms with Crippen LogP contribution >= 0.6 is 0 Å². The van der Waals surface area contributed by atoms with Crippen LogP contribution in [0.3, 0.4) is 0 Å². The van der Waals surface area contributed by atoms with Crippen molar-refractivity contribution in [2.45, 2.75) is 32.4 Å². The minimum Gasteiger partial charge on any atom is -0.388 e. The summed E-state index contributed by atoms with van der Waals surface area (Å²) in [5.74, 6) is 0. The van der Waals surface area contributed by atoms with E-state index in [2.05, 4.69) is 54.0 Å². The third-order valence-corrected chi connectivity index (χ3v) is 5.04. The Hall–Kier alpha value is -2.58. The lowest BCUT2D eigenvalue weighted by Gasteiger charge is -2.11. The van der Waals surface area contributed by atoms with Crippen molar-refractivity contribution in [3.8, 4) is 0 Å². The Morgan fingerprint density at radius 3 is 2.36 bits per heavy atom. The summed E-state index contributed by atoms with van der Waals surface area (Å²) in [5.41, 5.74) is 4.85. The van der Waals surface area contributed by atoms with Gasteiger partial charge in [-0.05, 0) is 49.1 Å². The molecule has 1 heterocycles. The molecular formula is C23H23NO. The zero-order valence-electron chi connectivity index (χ0n) is 14.5. The summed E-state index contributed by atoms with van der Waals surface area (Å²) in [4.78, 5) is 0. The average Bonchev–Trinajstić information content (AvgIpc) is 3.00. The quantitative estimate of drug-likeness (QED) is 0.515. The van der Waals surface area contributed by atoms with Gasteiger partial charge in [0.2, 0.25) is 0 Å². The second-order valence-electron chi connectivity index (χ2n) is 6.58. The van der Waals surface area contributed by atoms with E-state index in [4.69, 9.17) is 0 Å². The van der Waals surface area contributed by atoms with Crippen molar-refractivity contribution in [2.75, 3.05) is 0 Å². The summed E-state index contributed by atoms with van der Waals surface area (Å²) in [6.45, 7) is 3.16. The number of aromatic nitrogens is 1. The molecule has 0 saturated heterocycles. The van der Waals surface area contributed by atoms with Crippen LogP contribution in [0.1, 0.15) is 30.6 Å². The maximum Gasteiger partial charge on any atom is 0.0793 e. The second-order valence-corrected chi connectivity index (χ2v) is 6.58. The third-order valence-electron chi connectivity index (χ3n) is 5.04. The molecule has 0 bridgehead atoms.